The van der Waals surface area contributed by atoms with E-state index in [-0.39, 0.29) is 5.38 Å². The van der Waals surface area contributed by atoms with Gasteiger partial charge in [0.15, 0.2) is 0 Å². The van der Waals surface area contributed by atoms with Crippen LogP contribution >= 0.6 is 23.2 Å². The van der Waals surface area contributed by atoms with Gasteiger partial charge in [-0.25, -0.2) is 0 Å². The van der Waals surface area contributed by atoms with E-state index < -0.39 is 0 Å². The molecule has 0 heterocycles. The molecule has 1 aliphatic carbocycles. The van der Waals surface area contributed by atoms with Crippen molar-refractivity contribution >= 4 is 23.2 Å². The van der Waals surface area contributed by atoms with Gasteiger partial charge in [0.05, 0.1) is 5.38 Å². The first kappa shape index (κ1) is 5.46. The first-order chi connectivity index (χ1) is 3.30. The molecule has 0 bridgehead atoms. The summed E-state index contributed by atoms with van der Waals surface area (Å²) in [6.07, 6.45) is 4.80. The molecule has 1 aliphatic rings. The summed E-state index contributed by atoms with van der Waals surface area (Å²) in [6.45, 7) is 0. The Balaban J connectivity index is 2.54. The fraction of sp³-hybridized carbons (Fsp3) is 0.600. The van der Waals surface area contributed by atoms with Crippen LogP contribution in [0.3, 0.4) is 0 Å². The minimum atomic E-state index is 0.0571. The third-order valence-electron chi connectivity index (χ3n) is 0.967. The Morgan fingerprint density at radius 2 is 2.43 bits per heavy atom. The van der Waals surface area contributed by atoms with Gasteiger partial charge in [0.2, 0.25) is 0 Å². The van der Waals surface area contributed by atoms with Gasteiger partial charge in [-0.3, -0.25) is 0 Å². The molecule has 0 N–H and O–H groups in total. The molecule has 39 valence electrons. The van der Waals surface area contributed by atoms with Gasteiger partial charge in [0, 0.05) is 5.03 Å². The molecule has 0 nitrogen and oxygen atoms in total. The summed E-state index contributed by atoms with van der Waals surface area (Å²) in [5, 5.41) is 0.753. The van der Waals surface area contributed by atoms with E-state index in [0.717, 1.165) is 12.8 Å². The number of halogens is 2. The van der Waals surface area contributed by atoms with E-state index in [4.69, 9.17) is 23.2 Å². The van der Waals surface area contributed by atoms with Crippen LogP contribution in [0.4, 0.5) is 0 Å². The van der Waals surface area contributed by atoms with Crippen LogP contribution in [-0.2, 0) is 0 Å². The van der Waals surface area contributed by atoms with Crippen LogP contribution in [0.5, 0.6) is 0 Å². The molecule has 7 heavy (non-hydrogen) atoms. The van der Waals surface area contributed by atoms with Crippen molar-refractivity contribution in [1.82, 2.24) is 0 Å². The Hall–Kier alpha value is 0.320. The van der Waals surface area contributed by atoms with E-state index in [9.17, 15) is 0 Å². The molecule has 0 spiro atoms. The molecule has 1 rings (SSSR count). The monoisotopic (exact) mass is 135 g/mol. The first-order valence-corrected chi connectivity index (χ1v) is 3.02. The van der Waals surface area contributed by atoms with Gasteiger partial charge < -0.3 is 0 Å². The molecule has 2 heteroatoms. The Morgan fingerprint density at radius 3 is 2.57 bits per heavy atom. The van der Waals surface area contributed by atoms with Crippen molar-refractivity contribution in [2.45, 2.75) is 18.2 Å². The average molecular weight is 136 g/mol. The lowest BCUT2D eigenvalue weighted by molar-refractivity contribution is 0.923. The fourth-order valence-corrected chi connectivity index (χ4v) is 0.946. The smallest absolute Gasteiger partial charge is 0.0698 e. The van der Waals surface area contributed by atoms with Crippen LogP contribution in [-0.4, -0.2) is 5.38 Å². The Morgan fingerprint density at radius 1 is 1.71 bits per heavy atom. The van der Waals surface area contributed by atoms with Crippen LogP contribution in [0.1, 0.15) is 12.8 Å². The van der Waals surface area contributed by atoms with E-state index in [0.29, 0.717) is 5.03 Å². The van der Waals surface area contributed by atoms with Crippen molar-refractivity contribution in [2.75, 3.05) is 0 Å². The van der Waals surface area contributed by atoms with E-state index >= 15 is 0 Å². The fourth-order valence-electron chi connectivity index (χ4n) is 0.556. The first-order valence-electron chi connectivity index (χ1n) is 2.21. The van der Waals surface area contributed by atoms with Crippen LogP contribution in [0.2, 0.25) is 0 Å². The Labute approximate surface area is 53.1 Å². The molecule has 0 aliphatic heterocycles. The van der Waals surface area contributed by atoms with Crippen molar-refractivity contribution in [3.63, 3.8) is 0 Å². The summed E-state index contributed by atoms with van der Waals surface area (Å²) in [6, 6.07) is 0. The predicted molar refractivity (Wildman–Crippen MR) is 31.5 cm³/mol. The standard InChI is InChI=1S/C5H5Cl2/c6-4-2-1-3-5(4)7/h4H,1-2H2. The average Bonchev–Trinajstić information content (AvgIpc) is 1.91. The summed E-state index contributed by atoms with van der Waals surface area (Å²) < 4.78 is 0. The highest BCUT2D eigenvalue weighted by atomic mass is 35.5. The third-order valence-corrected chi connectivity index (χ3v) is 1.91. The highest BCUT2D eigenvalue weighted by Crippen LogP contribution is 2.25. The van der Waals surface area contributed by atoms with Gasteiger partial charge in [0.1, 0.15) is 0 Å². The van der Waals surface area contributed by atoms with E-state index in [1.165, 1.54) is 0 Å². The lowest BCUT2D eigenvalue weighted by atomic mass is 10.4. The maximum absolute atomic E-state index is 5.63. The number of alkyl halides is 1. The summed E-state index contributed by atoms with van der Waals surface area (Å²) in [7, 11) is 0. The second-order valence-electron chi connectivity index (χ2n) is 1.53. The van der Waals surface area contributed by atoms with E-state index in [1.807, 2.05) is 0 Å². The summed E-state index contributed by atoms with van der Waals surface area (Å²) in [4.78, 5) is 0. The second-order valence-corrected chi connectivity index (χ2v) is 2.46. The lowest BCUT2D eigenvalue weighted by Gasteiger charge is -1.93. The van der Waals surface area contributed by atoms with E-state index in [1.54, 1.807) is 0 Å². The lowest BCUT2D eigenvalue weighted by Crippen LogP contribution is -1.87. The highest BCUT2D eigenvalue weighted by molar-refractivity contribution is 6.37. The van der Waals surface area contributed by atoms with Gasteiger partial charge in [-0.05, 0) is 18.9 Å². The van der Waals surface area contributed by atoms with Crippen molar-refractivity contribution in [3.05, 3.63) is 11.1 Å². The maximum Gasteiger partial charge on any atom is 0.0698 e. The molecule has 0 saturated carbocycles. The molecule has 0 aromatic carbocycles. The topological polar surface area (TPSA) is 0 Å². The molecule has 0 aromatic rings. The summed E-state index contributed by atoms with van der Waals surface area (Å²) in [5.41, 5.74) is 0. The van der Waals surface area contributed by atoms with Crippen LogP contribution in [0.25, 0.3) is 0 Å². The largest absolute Gasteiger partial charge is 0.117 e. The Kier molecular flexibility index (Phi) is 1.61. The normalized spacial score (nSPS) is 30.6. The Bertz CT molecular complexity index is 96.3. The zero-order valence-corrected chi connectivity index (χ0v) is 5.26. The molecular weight excluding hydrogens is 131 g/mol. The highest BCUT2D eigenvalue weighted by Gasteiger charge is 2.13. The second kappa shape index (κ2) is 2.06. The van der Waals surface area contributed by atoms with Crippen LogP contribution < -0.4 is 0 Å². The number of hydrogen-bond donors (Lipinski definition) is 0. The number of allylic oxidation sites excluding steroid dienone is 2. The molecule has 0 saturated heterocycles. The van der Waals surface area contributed by atoms with Crippen molar-refractivity contribution in [1.29, 1.82) is 0 Å². The van der Waals surface area contributed by atoms with Crippen molar-refractivity contribution in [3.8, 4) is 0 Å². The number of rotatable bonds is 0. The molecule has 1 unspecified atom stereocenters. The van der Waals surface area contributed by atoms with Crippen LogP contribution in [0, 0.1) is 6.08 Å². The van der Waals surface area contributed by atoms with Crippen molar-refractivity contribution < 1.29 is 0 Å². The van der Waals surface area contributed by atoms with E-state index in [2.05, 4.69) is 6.08 Å². The van der Waals surface area contributed by atoms with Crippen LogP contribution in [0.15, 0.2) is 5.03 Å². The quantitative estimate of drug-likeness (QED) is 0.448. The van der Waals surface area contributed by atoms with Gasteiger partial charge in [0.25, 0.3) is 0 Å². The molecule has 1 radical (unpaired) electrons. The summed E-state index contributed by atoms with van der Waals surface area (Å²) in [5.74, 6) is 0. The zero-order chi connectivity index (χ0) is 5.28. The minimum Gasteiger partial charge on any atom is -0.117 e. The minimum absolute atomic E-state index is 0.0571. The molecular formula is C5H5Cl2. The zero-order valence-electron chi connectivity index (χ0n) is 3.75. The molecule has 1 atom stereocenters. The van der Waals surface area contributed by atoms with Gasteiger partial charge in [-0.2, -0.15) is 0 Å². The molecule has 0 aromatic heterocycles. The third kappa shape index (κ3) is 1.11. The number of hydrogen-bond acceptors (Lipinski definition) is 0. The molecule has 0 fully saturated rings. The SMILES string of the molecule is ClC1=[C]CCC1Cl. The maximum atomic E-state index is 5.63. The van der Waals surface area contributed by atoms with Gasteiger partial charge in [-0.1, -0.05) is 11.6 Å². The van der Waals surface area contributed by atoms with Gasteiger partial charge >= 0.3 is 0 Å². The molecule has 0 amide bonds. The van der Waals surface area contributed by atoms with Crippen molar-refractivity contribution in [2.24, 2.45) is 0 Å². The van der Waals surface area contributed by atoms with Gasteiger partial charge in [-0.15, -0.1) is 11.6 Å². The predicted octanol–water partition coefficient (Wildman–Crippen LogP) is 2.31. The summed E-state index contributed by atoms with van der Waals surface area (Å²) >= 11 is 11.2.